The fraction of sp³-hybridized carbons (Fsp3) is 0.471. The number of nitrogens with one attached hydrogen (secondary N) is 1. The maximum atomic E-state index is 8.60. The molecule has 1 aromatic carbocycles. The summed E-state index contributed by atoms with van der Waals surface area (Å²) in [6.45, 7) is 6.23. The van der Waals surface area contributed by atoms with Crippen LogP contribution in [0.15, 0.2) is 30.5 Å². The molecule has 3 heteroatoms. The lowest BCUT2D eigenvalue weighted by atomic mass is 10.1. The Morgan fingerprint density at radius 1 is 1.25 bits per heavy atom. The van der Waals surface area contributed by atoms with Crippen molar-refractivity contribution in [3.05, 3.63) is 36.0 Å². The Labute approximate surface area is 121 Å². The molecule has 2 rings (SSSR count). The summed E-state index contributed by atoms with van der Waals surface area (Å²) < 4.78 is 2.32. The molecule has 20 heavy (non-hydrogen) atoms. The Morgan fingerprint density at radius 2 is 2.05 bits per heavy atom. The van der Waals surface area contributed by atoms with E-state index in [1.165, 1.54) is 16.5 Å². The lowest BCUT2D eigenvalue weighted by Gasteiger charge is -2.06. The molecule has 0 spiro atoms. The monoisotopic (exact) mass is 269 g/mol. The largest absolute Gasteiger partial charge is 0.347 e. The number of nitrogens with zero attached hydrogens (tertiary/aromatic N) is 2. The van der Waals surface area contributed by atoms with E-state index in [0.717, 1.165) is 25.9 Å². The topological polar surface area (TPSA) is 40.8 Å². The number of hydrogen-bond acceptors (Lipinski definition) is 2. The number of aryl methyl sites for hydroxylation is 1. The van der Waals surface area contributed by atoms with Gasteiger partial charge in [-0.05, 0) is 24.5 Å². The number of hydrogen-bond donors (Lipinski definition) is 1. The van der Waals surface area contributed by atoms with Crippen molar-refractivity contribution in [3.8, 4) is 6.07 Å². The second-order valence-corrected chi connectivity index (χ2v) is 5.52. The van der Waals surface area contributed by atoms with Crippen molar-refractivity contribution >= 4 is 10.9 Å². The van der Waals surface area contributed by atoms with E-state index >= 15 is 0 Å². The van der Waals surface area contributed by atoms with Gasteiger partial charge in [-0.25, -0.2) is 0 Å². The van der Waals surface area contributed by atoms with Gasteiger partial charge in [-0.15, -0.1) is 0 Å². The van der Waals surface area contributed by atoms with Crippen molar-refractivity contribution in [3.63, 3.8) is 0 Å². The molecule has 0 saturated carbocycles. The highest BCUT2D eigenvalue weighted by Gasteiger charge is 2.08. The third-order valence-corrected chi connectivity index (χ3v) is 3.51. The molecule has 0 aliphatic carbocycles. The minimum Gasteiger partial charge on any atom is -0.347 e. The van der Waals surface area contributed by atoms with Crippen molar-refractivity contribution in [1.82, 2.24) is 9.88 Å². The van der Waals surface area contributed by atoms with Gasteiger partial charge in [-0.1, -0.05) is 32.0 Å². The summed E-state index contributed by atoms with van der Waals surface area (Å²) in [5, 5.41) is 13.4. The summed E-state index contributed by atoms with van der Waals surface area (Å²) in [6, 6.07) is 11.3. The zero-order chi connectivity index (χ0) is 14.4. The second kappa shape index (κ2) is 7.12. The van der Waals surface area contributed by atoms with E-state index in [2.05, 4.69) is 60.3 Å². The molecule has 0 saturated heterocycles. The summed E-state index contributed by atoms with van der Waals surface area (Å²) in [5.41, 5.74) is 2.65. The Morgan fingerprint density at radius 3 is 2.80 bits per heavy atom. The number of unbranched alkanes of at least 4 members (excludes halogenated alkanes) is 2. The Hall–Kier alpha value is -1.79. The number of fused-ring (bicyclic) bond motifs is 1. The van der Waals surface area contributed by atoms with Gasteiger partial charge >= 0.3 is 0 Å². The quantitative estimate of drug-likeness (QED) is 0.776. The Balaban J connectivity index is 2.15. The van der Waals surface area contributed by atoms with Crippen LogP contribution in [0.25, 0.3) is 10.9 Å². The van der Waals surface area contributed by atoms with E-state index < -0.39 is 0 Å². The zero-order valence-electron chi connectivity index (χ0n) is 12.4. The molecule has 3 nitrogen and oxygen atoms in total. The maximum absolute atomic E-state index is 8.60. The molecule has 0 bridgehead atoms. The Kier molecular flexibility index (Phi) is 5.20. The van der Waals surface area contributed by atoms with Crippen molar-refractivity contribution in [2.45, 2.75) is 52.2 Å². The molecule has 1 N–H and O–H groups in total. The van der Waals surface area contributed by atoms with Gasteiger partial charge < -0.3 is 9.88 Å². The van der Waals surface area contributed by atoms with Gasteiger partial charge in [0.15, 0.2) is 0 Å². The van der Waals surface area contributed by atoms with E-state index in [-0.39, 0.29) is 0 Å². The minimum absolute atomic E-state index is 0.493. The van der Waals surface area contributed by atoms with Crippen LogP contribution in [0.1, 0.15) is 38.7 Å². The molecule has 1 aromatic heterocycles. The van der Waals surface area contributed by atoms with Crippen molar-refractivity contribution in [1.29, 1.82) is 5.26 Å². The maximum Gasteiger partial charge on any atom is 0.0621 e. The molecule has 0 aliphatic rings. The number of benzene rings is 1. The first-order valence-corrected chi connectivity index (χ1v) is 7.39. The average molecular weight is 269 g/mol. The van der Waals surface area contributed by atoms with Crippen LogP contribution in [0, 0.1) is 11.3 Å². The predicted molar refractivity (Wildman–Crippen MR) is 83.4 cm³/mol. The predicted octanol–water partition coefficient (Wildman–Crippen LogP) is 3.83. The zero-order valence-corrected chi connectivity index (χ0v) is 12.4. The van der Waals surface area contributed by atoms with E-state index in [4.69, 9.17) is 5.26 Å². The first-order valence-electron chi connectivity index (χ1n) is 7.39. The molecule has 0 radical (unpaired) electrons. The third-order valence-electron chi connectivity index (χ3n) is 3.51. The van der Waals surface area contributed by atoms with Gasteiger partial charge in [-0.2, -0.15) is 5.26 Å². The molecule has 106 valence electrons. The standard InChI is InChI=1S/C17H23N3/c1-14(2)19-12-15-13-20(11-7-3-6-10-18)17-9-5-4-8-16(15)17/h4-5,8-9,13-14,19H,3,6-7,11-12H2,1-2H3. The number of nitriles is 1. The van der Waals surface area contributed by atoms with Crippen molar-refractivity contribution in [2.24, 2.45) is 0 Å². The number of aromatic nitrogens is 1. The lowest BCUT2D eigenvalue weighted by molar-refractivity contribution is 0.586. The van der Waals surface area contributed by atoms with Crippen LogP contribution < -0.4 is 5.32 Å². The highest BCUT2D eigenvalue weighted by Crippen LogP contribution is 2.22. The number of para-hydroxylation sites is 1. The van der Waals surface area contributed by atoms with Crippen LogP contribution in [0.5, 0.6) is 0 Å². The Bertz CT molecular complexity index is 590. The molecule has 2 aromatic rings. The molecule has 0 aliphatic heterocycles. The van der Waals surface area contributed by atoms with E-state index in [1.807, 2.05) is 0 Å². The van der Waals surface area contributed by atoms with Gasteiger partial charge in [0.25, 0.3) is 0 Å². The molecule has 1 heterocycles. The van der Waals surface area contributed by atoms with Gasteiger partial charge in [-0.3, -0.25) is 0 Å². The van der Waals surface area contributed by atoms with E-state index in [1.54, 1.807) is 0 Å². The molecular weight excluding hydrogens is 246 g/mol. The van der Waals surface area contributed by atoms with Crippen LogP contribution in [0.4, 0.5) is 0 Å². The summed E-state index contributed by atoms with van der Waals surface area (Å²) in [5.74, 6) is 0. The van der Waals surface area contributed by atoms with Crippen LogP contribution in [-0.4, -0.2) is 10.6 Å². The summed E-state index contributed by atoms with van der Waals surface area (Å²) >= 11 is 0. The van der Waals surface area contributed by atoms with Crippen molar-refractivity contribution in [2.75, 3.05) is 0 Å². The van der Waals surface area contributed by atoms with Gasteiger partial charge in [0.05, 0.1) is 6.07 Å². The highest BCUT2D eigenvalue weighted by atomic mass is 15.0. The molecule has 0 amide bonds. The average Bonchev–Trinajstić information content (AvgIpc) is 2.80. The van der Waals surface area contributed by atoms with Crippen LogP contribution in [-0.2, 0) is 13.1 Å². The molecular formula is C17H23N3. The fourth-order valence-electron chi connectivity index (χ4n) is 2.45. The number of rotatable bonds is 7. The van der Waals surface area contributed by atoms with Gasteiger partial charge in [0.1, 0.15) is 0 Å². The first kappa shape index (κ1) is 14.6. The van der Waals surface area contributed by atoms with Gasteiger partial charge in [0, 0.05) is 42.7 Å². The van der Waals surface area contributed by atoms with Gasteiger partial charge in [0.2, 0.25) is 0 Å². The fourth-order valence-corrected chi connectivity index (χ4v) is 2.45. The molecule has 0 atom stereocenters. The minimum atomic E-state index is 0.493. The first-order chi connectivity index (χ1) is 9.72. The summed E-state index contributed by atoms with van der Waals surface area (Å²) in [4.78, 5) is 0. The summed E-state index contributed by atoms with van der Waals surface area (Å²) in [7, 11) is 0. The van der Waals surface area contributed by atoms with E-state index in [9.17, 15) is 0 Å². The second-order valence-electron chi connectivity index (χ2n) is 5.52. The third kappa shape index (κ3) is 3.61. The smallest absolute Gasteiger partial charge is 0.0621 e. The molecule has 0 fully saturated rings. The lowest BCUT2D eigenvalue weighted by Crippen LogP contribution is -2.21. The molecule has 0 unspecified atom stereocenters. The van der Waals surface area contributed by atoms with Crippen molar-refractivity contribution < 1.29 is 0 Å². The van der Waals surface area contributed by atoms with Crippen LogP contribution in [0.2, 0.25) is 0 Å². The van der Waals surface area contributed by atoms with Crippen LogP contribution >= 0.6 is 0 Å². The highest BCUT2D eigenvalue weighted by molar-refractivity contribution is 5.83. The SMILES string of the molecule is CC(C)NCc1cn(CCCCC#N)c2ccccc12. The van der Waals surface area contributed by atoms with E-state index in [0.29, 0.717) is 12.5 Å². The normalized spacial score (nSPS) is 11.1. The van der Waals surface area contributed by atoms with Crippen LogP contribution in [0.3, 0.4) is 0 Å². The summed E-state index contributed by atoms with van der Waals surface area (Å²) in [6.07, 6.45) is 4.94.